The van der Waals surface area contributed by atoms with E-state index in [4.69, 9.17) is 0 Å². The number of carbonyl (C=O) groups is 1. The molecule has 1 aromatic rings. The van der Waals surface area contributed by atoms with Crippen LogP contribution in [0.4, 0.5) is 5.69 Å². The van der Waals surface area contributed by atoms with E-state index in [2.05, 4.69) is 24.0 Å². The monoisotopic (exact) mass is 231 g/mol. The van der Waals surface area contributed by atoms with E-state index in [9.17, 15) is 4.79 Å². The SMILES string of the molecule is CCC(=O)c1ccc(N2CCC[C@H](C)C2)cc1. The van der Waals surface area contributed by atoms with Crippen molar-refractivity contribution in [3.8, 4) is 0 Å². The number of carbonyl (C=O) groups excluding carboxylic acids is 1. The van der Waals surface area contributed by atoms with Crippen molar-refractivity contribution in [1.82, 2.24) is 0 Å². The molecule has 2 heteroatoms. The number of piperidine rings is 1. The second kappa shape index (κ2) is 5.35. The van der Waals surface area contributed by atoms with Crippen molar-refractivity contribution in [2.24, 2.45) is 5.92 Å². The maximum atomic E-state index is 11.5. The predicted molar refractivity (Wildman–Crippen MR) is 71.7 cm³/mol. The molecule has 1 aliphatic rings. The Morgan fingerprint density at radius 3 is 2.65 bits per heavy atom. The molecule has 1 fully saturated rings. The molecule has 1 aromatic carbocycles. The van der Waals surface area contributed by atoms with Gasteiger partial charge in [-0.3, -0.25) is 4.79 Å². The van der Waals surface area contributed by atoms with Gasteiger partial charge in [-0.25, -0.2) is 0 Å². The van der Waals surface area contributed by atoms with Gasteiger partial charge in [0.25, 0.3) is 0 Å². The lowest BCUT2D eigenvalue weighted by Crippen LogP contribution is -2.34. The molecule has 0 unspecified atom stereocenters. The van der Waals surface area contributed by atoms with Crippen LogP contribution in [0.15, 0.2) is 24.3 Å². The molecule has 1 aliphatic heterocycles. The molecule has 17 heavy (non-hydrogen) atoms. The molecule has 2 rings (SSSR count). The summed E-state index contributed by atoms with van der Waals surface area (Å²) in [5.74, 6) is 1.00. The first kappa shape index (κ1) is 12.2. The first-order chi connectivity index (χ1) is 8.20. The Bertz CT molecular complexity index is 382. The average molecular weight is 231 g/mol. The zero-order chi connectivity index (χ0) is 12.3. The van der Waals surface area contributed by atoms with Gasteiger partial charge in [-0.1, -0.05) is 13.8 Å². The molecular weight excluding hydrogens is 210 g/mol. The van der Waals surface area contributed by atoms with Gasteiger partial charge in [0.1, 0.15) is 0 Å². The Kier molecular flexibility index (Phi) is 3.82. The Labute approximate surface area is 104 Å². The third kappa shape index (κ3) is 2.87. The van der Waals surface area contributed by atoms with E-state index in [0.717, 1.165) is 24.6 Å². The van der Waals surface area contributed by atoms with E-state index in [-0.39, 0.29) is 5.78 Å². The largest absolute Gasteiger partial charge is 0.371 e. The van der Waals surface area contributed by atoms with Crippen molar-refractivity contribution in [3.05, 3.63) is 29.8 Å². The molecule has 1 atom stereocenters. The van der Waals surface area contributed by atoms with E-state index in [1.54, 1.807) is 0 Å². The van der Waals surface area contributed by atoms with Gasteiger partial charge in [-0.2, -0.15) is 0 Å². The van der Waals surface area contributed by atoms with Crippen molar-refractivity contribution in [1.29, 1.82) is 0 Å². The van der Waals surface area contributed by atoms with E-state index in [1.807, 2.05) is 19.1 Å². The first-order valence-electron chi connectivity index (χ1n) is 6.59. The van der Waals surface area contributed by atoms with Gasteiger partial charge in [0.15, 0.2) is 5.78 Å². The molecule has 0 N–H and O–H groups in total. The minimum absolute atomic E-state index is 0.226. The highest BCUT2D eigenvalue weighted by molar-refractivity contribution is 5.96. The Hall–Kier alpha value is -1.31. The summed E-state index contributed by atoms with van der Waals surface area (Å²) in [5.41, 5.74) is 2.09. The highest BCUT2D eigenvalue weighted by atomic mass is 16.1. The van der Waals surface area contributed by atoms with Crippen LogP contribution >= 0.6 is 0 Å². The lowest BCUT2D eigenvalue weighted by Gasteiger charge is -2.32. The minimum atomic E-state index is 0.226. The third-order valence-electron chi connectivity index (χ3n) is 3.53. The van der Waals surface area contributed by atoms with E-state index in [0.29, 0.717) is 6.42 Å². The van der Waals surface area contributed by atoms with Crippen molar-refractivity contribution in [3.63, 3.8) is 0 Å². The predicted octanol–water partition coefficient (Wildman–Crippen LogP) is 3.52. The fraction of sp³-hybridized carbons (Fsp3) is 0.533. The van der Waals surface area contributed by atoms with E-state index < -0.39 is 0 Å². The summed E-state index contributed by atoms with van der Waals surface area (Å²) in [6.45, 7) is 6.50. The summed E-state index contributed by atoms with van der Waals surface area (Å²) in [6.07, 6.45) is 3.19. The van der Waals surface area contributed by atoms with Gasteiger partial charge in [0.05, 0.1) is 0 Å². The van der Waals surface area contributed by atoms with Crippen LogP contribution < -0.4 is 4.90 Å². The number of Topliss-reactive ketones (excluding diaryl/α,β-unsaturated/α-hetero) is 1. The van der Waals surface area contributed by atoms with Crippen LogP contribution in [0, 0.1) is 5.92 Å². The van der Waals surface area contributed by atoms with E-state index in [1.165, 1.54) is 18.5 Å². The molecule has 2 nitrogen and oxygen atoms in total. The zero-order valence-electron chi connectivity index (χ0n) is 10.8. The summed E-state index contributed by atoms with van der Waals surface area (Å²) in [5, 5.41) is 0. The number of hydrogen-bond acceptors (Lipinski definition) is 2. The molecule has 0 radical (unpaired) electrons. The van der Waals surface area contributed by atoms with Crippen molar-refractivity contribution >= 4 is 11.5 Å². The summed E-state index contributed by atoms with van der Waals surface area (Å²) in [6, 6.07) is 8.09. The lowest BCUT2D eigenvalue weighted by molar-refractivity contribution is 0.0988. The van der Waals surface area contributed by atoms with Gasteiger partial charge in [0.2, 0.25) is 0 Å². The number of ketones is 1. The normalized spacial score (nSPS) is 20.4. The Morgan fingerprint density at radius 2 is 2.06 bits per heavy atom. The van der Waals surface area contributed by atoms with Crippen molar-refractivity contribution in [2.75, 3.05) is 18.0 Å². The number of anilines is 1. The molecule has 1 saturated heterocycles. The molecule has 0 bridgehead atoms. The van der Waals surface area contributed by atoms with Crippen molar-refractivity contribution < 1.29 is 4.79 Å². The molecule has 0 saturated carbocycles. The van der Waals surface area contributed by atoms with Crippen molar-refractivity contribution in [2.45, 2.75) is 33.1 Å². The molecule has 1 heterocycles. The zero-order valence-corrected chi connectivity index (χ0v) is 10.8. The summed E-state index contributed by atoms with van der Waals surface area (Å²) in [4.78, 5) is 14.0. The average Bonchev–Trinajstić information content (AvgIpc) is 2.38. The molecular formula is C15H21NO. The third-order valence-corrected chi connectivity index (χ3v) is 3.53. The topological polar surface area (TPSA) is 20.3 Å². The highest BCUT2D eigenvalue weighted by Crippen LogP contribution is 2.23. The number of hydrogen-bond donors (Lipinski definition) is 0. The highest BCUT2D eigenvalue weighted by Gasteiger charge is 2.16. The fourth-order valence-corrected chi connectivity index (χ4v) is 2.49. The summed E-state index contributed by atoms with van der Waals surface area (Å²) in [7, 11) is 0. The van der Waals surface area contributed by atoms with Crippen LogP contribution in [-0.4, -0.2) is 18.9 Å². The van der Waals surface area contributed by atoms with Crippen LogP contribution in [0.25, 0.3) is 0 Å². The van der Waals surface area contributed by atoms with Crippen LogP contribution in [0.1, 0.15) is 43.5 Å². The maximum Gasteiger partial charge on any atom is 0.162 e. The Morgan fingerprint density at radius 1 is 1.35 bits per heavy atom. The van der Waals surface area contributed by atoms with Crippen LogP contribution in [0.2, 0.25) is 0 Å². The first-order valence-corrected chi connectivity index (χ1v) is 6.59. The van der Waals surface area contributed by atoms with Gasteiger partial charge < -0.3 is 4.90 Å². The minimum Gasteiger partial charge on any atom is -0.371 e. The molecule has 0 amide bonds. The smallest absolute Gasteiger partial charge is 0.162 e. The number of nitrogens with zero attached hydrogens (tertiary/aromatic N) is 1. The fourth-order valence-electron chi connectivity index (χ4n) is 2.49. The Balaban J connectivity index is 2.09. The second-order valence-electron chi connectivity index (χ2n) is 5.02. The van der Waals surface area contributed by atoms with Gasteiger partial charge >= 0.3 is 0 Å². The second-order valence-corrected chi connectivity index (χ2v) is 5.02. The van der Waals surface area contributed by atoms with Crippen LogP contribution in [0.5, 0.6) is 0 Å². The van der Waals surface area contributed by atoms with Crippen LogP contribution in [-0.2, 0) is 0 Å². The lowest BCUT2D eigenvalue weighted by atomic mass is 9.99. The van der Waals surface area contributed by atoms with E-state index >= 15 is 0 Å². The summed E-state index contributed by atoms with van der Waals surface area (Å²) < 4.78 is 0. The van der Waals surface area contributed by atoms with Gasteiger partial charge in [-0.15, -0.1) is 0 Å². The number of benzene rings is 1. The standard InChI is InChI=1S/C15H21NO/c1-3-15(17)13-6-8-14(9-7-13)16-10-4-5-12(2)11-16/h6-9,12H,3-5,10-11H2,1-2H3/t12-/m0/s1. The molecule has 92 valence electrons. The molecule has 0 spiro atoms. The molecule has 0 aromatic heterocycles. The van der Waals surface area contributed by atoms with Crippen LogP contribution in [0.3, 0.4) is 0 Å². The summed E-state index contributed by atoms with van der Waals surface area (Å²) >= 11 is 0. The number of rotatable bonds is 3. The quantitative estimate of drug-likeness (QED) is 0.742. The maximum absolute atomic E-state index is 11.5. The molecule has 0 aliphatic carbocycles. The van der Waals surface area contributed by atoms with Gasteiger partial charge in [-0.05, 0) is 43.0 Å². The van der Waals surface area contributed by atoms with Gasteiger partial charge in [0, 0.05) is 30.8 Å².